The van der Waals surface area contributed by atoms with Gasteiger partial charge in [0, 0.05) is 33.7 Å². The molecule has 0 radical (unpaired) electrons. The maximum Gasteiger partial charge on any atom is 0.253 e. The first-order valence-electron chi connectivity index (χ1n) is 13.2. The van der Waals surface area contributed by atoms with E-state index in [0.717, 1.165) is 41.4 Å². The number of hydrazone groups is 1. The van der Waals surface area contributed by atoms with Gasteiger partial charge in [-0.05, 0) is 104 Å². The summed E-state index contributed by atoms with van der Waals surface area (Å²) in [6.45, 7) is 10.6. The van der Waals surface area contributed by atoms with Gasteiger partial charge in [0.05, 0.1) is 18.0 Å². The Labute approximate surface area is 253 Å². The molecule has 0 aliphatic carbocycles. The molecule has 0 aliphatic heterocycles. The maximum atomic E-state index is 12.9. The largest absolute Gasteiger partial charge is 0.378 e. The van der Waals surface area contributed by atoms with Gasteiger partial charge in [-0.15, -0.1) is 10.2 Å². The van der Waals surface area contributed by atoms with Crippen LogP contribution in [0.25, 0.3) is 5.69 Å². The molecule has 1 atom stereocenters. The number of hydrogen-bond donors (Lipinski definition) is 2. The van der Waals surface area contributed by atoms with Crippen LogP contribution in [-0.4, -0.2) is 45.2 Å². The number of rotatable bonds is 12. The summed E-state index contributed by atoms with van der Waals surface area (Å²) < 4.78 is 3.18. The van der Waals surface area contributed by atoms with Crippen LogP contribution < -0.4 is 15.6 Å². The standard InChI is InChI=1S/C30H34IN7OS/c1-5-37(6-2)25-15-12-23(13-16-25)19-33-35-29(39)22(4)40-30-36-34-28(38(30)26-10-8-7-9-11-26)20-32-27-17-14-24(31)18-21(27)3/h7-19,22,32H,5-6,20H2,1-4H3,(H,35,39)/b33-19-/t22-/m0/s1. The molecule has 0 bridgehead atoms. The molecule has 1 aromatic heterocycles. The smallest absolute Gasteiger partial charge is 0.253 e. The van der Waals surface area contributed by atoms with E-state index in [1.165, 1.54) is 21.0 Å². The van der Waals surface area contributed by atoms with Crippen molar-refractivity contribution in [1.29, 1.82) is 0 Å². The third-order valence-electron chi connectivity index (χ3n) is 6.40. The van der Waals surface area contributed by atoms with Crippen LogP contribution >= 0.6 is 34.4 Å². The number of nitrogens with one attached hydrogen (secondary N) is 2. The number of aryl methyl sites for hydroxylation is 1. The zero-order valence-electron chi connectivity index (χ0n) is 23.1. The highest BCUT2D eigenvalue weighted by Crippen LogP contribution is 2.27. The number of nitrogens with zero attached hydrogens (tertiary/aromatic N) is 5. The van der Waals surface area contributed by atoms with Gasteiger partial charge in [0.15, 0.2) is 11.0 Å². The van der Waals surface area contributed by atoms with Crippen molar-refractivity contribution in [3.05, 3.63) is 93.3 Å². The van der Waals surface area contributed by atoms with Crippen molar-refractivity contribution in [3.63, 3.8) is 0 Å². The van der Waals surface area contributed by atoms with Gasteiger partial charge in [0.2, 0.25) is 0 Å². The number of hydrogen-bond acceptors (Lipinski definition) is 7. The fraction of sp³-hybridized carbons (Fsp3) is 0.267. The number of aromatic nitrogens is 3. The third-order valence-corrected chi connectivity index (χ3v) is 8.12. The molecule has 0 fully saturated rings. The first kappa shape index (κ1) is 29.6. The number of carbonyl (C=O) groups excluding carboxylic acids is 1. The first-order valence-corrected chi connectivity index (χ1v) is 15.2. The van der Waals surface area contributed by atoms with Crippen molar-refractivity contribution >= 4 is 57.8 Å². The Bertz CT molecular complexity index is 1440. The molecule has 0 aliphatic rings. The molecule has 1 heterocycles. The predicted molar refractivity (Wildman–Crippen MR) is 174 cm³/mol. The molecule has 2 N–H and O–H groups in total. The zero-order chi connectivity index (χ0) is 28.5. The van der Waals surface area contributed by atoms with E-state index in [9.17, 15) is 4.79 Å². The lowest BCUT2D eigenvalue weighted by Gasteiger charge is -2.20. The van der Waals surface area contributed by atoms with Crippen molar-refractivity contribution in [1.82, 2.24) is 20.2 Å². The highest BCUT2D eigenvalue weighted by Gasteiger charge is 2.21. The Morgan fingerprint density at radius 1 is 1.07 bits per heavy atom. The van der Waals surface area contributed by atoms with Crippen LogP contribution in [0.4, 0.5) is 11.4 Å². The van der Waals surface area contributed by atoms with E-state index in [2.05, 4.69) is 105 Å². The molecule has 4 aromatic rings. The monoisotopic (exact) mass is 667 g/mol. The van der Waals surface area contributed by atoms with Crippen LogP contribution in [0.15, 0.2) is 83.1 Å². The fourth-order valence-electron chi connectivity index (χ4n) is 4.16. The summed E-state index contributed by atoms with van der Waals surface area (Å²) in [5.41, 5.74) is 7.90. The summed E-state index contributed by atoms with van der Waals surface area (Å²) in [5, 5.41) is 16.8. The summed E-state index contributed by atoms with van der Waals surface area (Å²) in [4.78, 5) is 15.1. The Hall–Kier alpha value is -3.38. The van der Waals surface area contributed by atoms with Gasteiger partial charge in [-0.3, -0.25) is 9.36 Å². The van der Waals surface area contributed by atoms with Gasteiger partial charge in [-0.25, -0.2) is 5.43 Å². The Morgan fingerprint density at radius 2 is 1.80 bits per heavy atom. The lowest BCUT2D eigenvalue weighted by Crippen LogP contribution is -2.27. The quantitative estimate of drug-likeness (QED) is 0.0802. The second kappa shape index (κ2) is 14.3. The summed E-state index contributed by atoms with van der Waals surface area (Å²) in [7, 11) is 0. The van der Waals surface area contributed by atoms with E-state index < -0.39 is 5.25 Å². The minimum Gasteiger partial charge on any atom is -0.378 e. The number of thioether (sulfide) groups is 1. The van der Waals surface area contributed by atoms with Crippen LogP contribution in [0.3, 0.4) is 0 Å². The minimum absolute atomic E-state index is 0.210. The van der Waals surface area contributed by atoms with Crippen molar-refractivity contribution in [2.75, 3.05) is 23.3 Å². The Kier molecular flexibility index (Phi) is 10.6. The molecule has 0 spiro atoms. The average Bonchev–Trinajstić information content (AvgIpc) is 3.36. The van der Waals surface area contributed by atoms with Crippen LogP contribution in [0.5, 0.6) is 0 Å². The number of para-hydroxylation sites is 1. The molecule has 40 heavy (non-hydrogen) atoms. The van der Waals surface area contributed by atoms with Gasteiger partial charge in [0.1, 0.15) is 0 Å². The summed E-state index contributed by atoms with van der Waals surface area (Å²) in [5.74, 6) is 0.545. The van der Waals surface area contributed by atoms with Crippen LogP contribution in [0.2, 0.25) is 0 Å². The number of halogens is 1. The Balaban J connectivity index is 1.43. The van der Waals surface area contributed by atoms with E-state index >= 15 is 0 Å². The topological polar surface area (TPSA) is 87.4 Å². The summed E-state index contributed by atoms with van der Waals surface area (Å²) in [6, 6.07) is 24.3. The van der Waals surface area contributed by atoms with Crippen LogP contribution in [-0.2, 0) is 11.3 Å². The van der Waals surface area contributed by atoms with E-state index in [1.807, 2.05) is 54.0 Å². The number of anilines is 2. The number of amides is 1. The fourth-order valence-corrected chi connectivity index (χ4v) is 5.69. The van der Waals surface area contributed by atoms with Crippen molar-refractivity contribution in [2.24, 2.45) is 5.10 Å². The average molecular weight is 668 g/mol. The van der Waals surface area contributed by atoms with Crippen molar-refractivity contribution in [3.8, 4) is 5.69 Å². The van der Waals surface area contributed by atoms with E-state index in [4.69, 9.17) is 0 Å². The van der Waals surface area contributed by atoms with Gasteiger partial charge < -0.3 is 10.2 Å². The molecule has 10 heteroatoms. The second-order valence-electron chi connectivity index (χ2n) is 9.14. The zero-order valence-corrected chi connectivity index (χ0v) is 26.1. The van der Waals surface area contributed by atoms with E-state index in [-0.39, 0.29) is 5.91 Å². The molecule has 0 saturated carbocycles. The van der Waals surface area contributed by atoms with Crippen LogP contribution in [0.1, 0.15) is 37.7 Å². The highest BCUT2D eigenvalue weighted by atomic mass is 127. The van der Waals surface area contributed by atoms with Crippen molar-refractivity contribution in [2.45, 2.75) is 44.6 Å². The van der Waals surface area contributed by atoms with Gasteiger partial charge >= 0.3 is 0 Å². The summed E-state index contributed by atoms with van der Waals surface area (Å²) >= 11 is 3.66. The van der Waals surface area contributed by atoms with E-state index in [1.54, 1.807) is 6.21 Å². The molecule has 1 amide bonds. The molecule has 4 rings (SSSR count). The molecular weight excluding hydrogens is 633 g/mol. The molecule has 3 aromatic carbocycles. The predicted octanol–water partition coefficient (Wildman–Crippen LogP) is 6.27. The maximum absolute atomic E-state index is 12.9. The third kappa shape index (κ3) is 7.63. The SMILES string of the molecule is CCN(CC)c1ccc(/C=N\NC(=O)[C@H](C)Sc2nnc(CNc3ccc(I)cc3C)n2-c2ccccc2)cc1. The second-order valence-corrected chi connectivity index (χ2v) is 11.7. The van der Waals surface area contributed by atoms with E-state index in [0.29, 0.717) is 11.7 Å². The van der Waals surface area contributed by atoms with Crippen LogP contribution in [0, 0.1) is 10.5 Å². The molecule has 8 nitrogen and oxygen atoms in total. The molecule has 208 valence electrons. The van der Waals surface area contributed by atoms with Gasteiger partial charge in [0.25, 0.3) is 5.91 Å². The number of carbonyl (C=O) groups is 1. The molecule has 0 saturated heterocycles. The van der Waals surface area contributed by atoms with Crippen molar-refractivity contribution < 1.29 is 4.79 Å². The normalized spacial score (nSPS) is 11.9. The molecular formula is C30H34IN7OS. The Morgan fingerprint density at radius 3 is 2.48 bits per heavy atom. The molecule has 0 unspecified atom stereocenters. The lowest BCUT2D eigenvalue weighted by atomic mass is 10.2. The lowest BCUT2D eigenvalue weighted by molar-refractivity contribution is -0.120. The first-order chi connectivity index (χ1) is 19.4. The highest BCUT2D eigenvalue weighted by molar-refractivity contribution is 14.1. The van der Waals surface area contributed by atoms with Gasteiger partial charge in [-0.1, -0.05) is 42.1 Å². The van der Waals surface area contributed by atoms with Gasteiger partial charge in [-0.2, -0.15) is 5.10 Å². The number of benzene rings is 3. The minimum atomic E-state index is -0.437. The summed E-state index contributed by atoms with van der Waals surface area (Å²) in [6.07, 6.45) is 1.66.